The summed E-state index contributed by atoms with van der Waals surface area (Å²) < 4.78 is 6.27. The quantitative estimate of drug-likeness (QED) is 0.166. The van der Waals surface area contributed by atoms with Crippen LogP contribution in [0.15, 0.2) is 186 Å². The van der Waals surface area contributed by atoms with Gasteiger partial charge in [0, 0.05) is 16.2 Å². The number of para-hydroxylation sites is 1. The molecule has 0 saturated carbocycles. The summed E-state index contributed by atoms with van der Waals surface area (Å²) >= 11 is 0. The lowest BCUT2D eigenvalue weighted by Gasteiger charge is -2.22. The van der Waals surface area contributed by atoms with E-state index in [1.165, 1.54) is 109 Å². The number of hydrogen-bond donors (Lipinski definition) is 0. The Kier molecular flexibility index (Phi) is 6.46. The van der Waals surface area contributed by atoms with E-state index in [-0.39, 0.29) is 5.41 Å². The van der Waals surface area contributed by atoms with Crippen LogP contribution in [0.3, 0.4) is 0 Å². The summed E-state index contributed by atoms with van der Waals surface area (Å²) in [6.07, 6.45) is 0. The predicted octanol–water partition coefficient (Wildman–Crippen LogP) is 15.5. The molecule has 1 heteroatoms. The molecule has 11 aromatic rings. The number of hydrogen-bond acceptors (Lipinski definition) is 1. The zero-order chi connectivity index (χ0) is 37.1. The van der Waals surface area contributed by atoms with Gasteiger partial charge in [-0.05, 0) is 129 Å². The first-order chi connectivity index (χ1) is 27.5. The lowest BCUT2D eigenvalue weighted by molar-refractivity contribution is 0.661. The zero-order valence-electron chi connectivity index (χ0n) is 31.2. The van der Waals surface area contributed by atoms with Gasteiger partial charge >= 0.3 is 0 Å². The van der Waals surface area contributed by atoms with E-state index in [9.17, 15) is 0 Å². The average molecular weight is 713 g/mol. The van der Waals surface area contributed by atoms with Crippen LogP contribution in [-0.2, 0) is 5.41 Å². The lowest BCUT2D eigenvalue weighted by Crippen LogP contribution is -2.15. The van der Waals surface area contributed by atoms with Crippen LogP contribution < -0.4 is 0 Å². The molecule has 1 aromatic heterocycles. The van der Waals surface area contributed by atoms with Gasteiger partial charge in [0.05, 0.1) is 0 Å². The van der Waals surface area contributed by atoms with Gasteiger partial charge < -0.3 is 4.42 Å². The maximum Gasteiger partial charge on any atom is 0.136 e. The SMILES string of the molecule is CC1(C)c2cc(-c3ccc(-c4c5ccccc5c(-c5ccc6ccccc6c5)c5ccccc45)cc3)ccc2-c2c1ccc1cc3oc4ccccc4c3cc21. The molecule has 0 fully saturated rings. The fourth-order valence-corrected chi connectivity index (χ4v) is 9.88. The molecule has 0 spiro atoms. The van der Waals surface area contributed by atoms with Gasteiger partial charge in [-0.25, -0.2) is 0 Å². The fourth-order valence-electron chi connectivity index (χ4n) is 9.88. The molecule has 0 saturated heterocycles. The van der Waals surface area contributed by atoms with E-state index < -0.39 is 0 Å². The van der Waals surface area contributed by atoms with Crippen LogP contribution in [-0.4, -0.2) is 0 Å². The fraction of sp³-hybridized carbons (Fsp3) is 0.0545. The molecule has 1 aliphatic carbocycles. The third-order valence-corrected chi connectivity index (χ3v) is 12.6. The predicted molar refractivity (Wildman–Crippen MR) is 238 cm³/mol. The Labute approximate surface area is 325 Å². The van der Waals surface area contributed by atoms with E-state index in [0.29, 0.717) is 0 Å². The first kappa shape index (κ1) is 31.4. The first-order valence-electron chi connectivity index (χ1n) is 19.6. The van der Waals surface area contributed by atoms with Crippen LogP contribution in [0.2, 0.25) is 0 Å². The summed E-state index contributed by atoms with van der Waals surface area (Å²) in [6.45, 7) is 4.75. The minimum atomic E-state index is -0.132. The number of rotatable bonds is 3. The third kappa shape index (κ3) is 4.43. The Hall–Kier alpha value is -6.96. The summed E-state index contributed by atoms with van der Waals surface area (Å²) in [5.41, 5.74) is 14.7. The third-order valence-electron chi connectivity index (χ3n) is 12.6. The van der Waals surface area contributed by atoms with E-state index in [4.69, 9.17) is 4.42 Å². The van der Waals surface area contributed by atoms with Gasteiger partial charge in [0.15, 0.2) is 0 Å². The topological polar surface area (TPSA) is 13.1 Å². The van der Waals surface area contributed by atoms with Gasteiger partial charge in [0.25, 0.3) is 0 Å². The maximum atomic E-state index is 6.27. The molecular formula is C55H36O. The smallest absolute Gasteiger partial charge is 0.136 e. The molecular weight excluding hydrogens is 677 g/mol. The molecule has 0 atom stereocenters. The monoisotopic (exact) mass is 712 g/mol. The van der Waals surface area contributed by atoms with Crippen molar-refractivity contribution in [2.24, 2.45) is 0 Å². The van der Waals surface area contributed by atoms with Gasteiger partial charge in [-0.3, -0.25) is 0 Å². The molecule has 10 aromatic carbocycles. The van der Waals surface area contributed by atoms with Crippen molar-refractivity contribution in [2.45, 2.75) is 19.3 Å². The zero-order valence-corrected chi connectivity index (χ0v) is 31.2. The van der Waals surface area contributed by atoms with Crippen molar-refractivity contribution in [3.8, 4) is 44.5 Å². The number of fused-ring (bicyclic) bond motifs is 11. The largest absolute Gasteiger partial charge is 0.456 e. The van der Waals surface area contributed by atoms with Crippen molar-refractivity contribution in [3.05, 3.63) is 193 Å². The van der Waals surface area contributed by atoms with E-state index in [1.54, 1.807) is 0 Å². The van der Waals surface area contributed by atoms with Crippen molar-refractivity contribution < 1.29 is 4.42 Å². The number of furan rings is 1. The average Bonchev–Trinajstić information content (AvgIpc) is 3.72. The second-order valence-corrected chi connectivity index (χ2v) is 16.0. The van der Waals surface area contributed by atoms with E-state index in [0.717, 1.165) is 11.2 Å². The van der Waals surface area contributed by atoms with Crippen LogP contribution in [0, 0.1) is 0 Å². The molecule has 1 heterocycles. The highest BCUT2D eigenvalue weighted by Gasteiger charge is 2.37. The summed E-state index contributed by atoms with van der Waals surface area (Å²) in [5, 5.41) is 12.4. The van der Waals surface area contributed by atoms with Gasteiger partial charge in [0.1, 0.15) is 11.2 Å². The molecule has 262 valence electrons. The van der Waals surface area contributed by atoms with Crippen molar-refractivity contribution >= 4 is 65.0 Å². The van der Waals surface area contributed by atoms with Crippen LogP contribution in [0.5, 0.6) is 0 Å². The summed E-state index contributed by atoms with van der Waals surface area (Å²) in [7, 11) is 0. The van der Waals surface area contributed by atoms with Crippen molar-refractivity contribution in [2.75, 3.05) is 0 Å². The van der Waals surface area contributed by atoms with Crippen LogP contribution in [0.4, 0.5) is 0 Å². The summed E-state index contributed by atoms with van der Waals surface area (Å²) in [4.78, 5) is 0. The molecule has 56 heavy (non-hydrogen) atoms. The minimum Gasteiger partial charge on any atom is -0.456 e. The molecule has 0 aliphatic heterocycles. The Morgan fingerprint density at radius 3 is 1.62 bits per heavy atom. The Bertz CT molecular complexity index is 3370. The lowest BCUT2D eigenvalue weighted by atomic mass is 9.81. The molecule has 0 amide bonds. The normalized spacial score (nSPS) is 13.3. The molecule has 0 radical (unpaired) electrons. The highest BCUT2D eigenvalue weighted by atomic mass is 16.3. The maximum absolute atomic E-state index is 6.27. The molecule has 1 nitrogen and oxygen atoms in total. The van der Waals surface area contributed by atoms with Crippen LogP contribution in [0.25, 0.3) is 110 Å². The summed E-state index contributed by atoms with van der Waals surface area (Å²) in [5.74, 6) is 0. The Balaban J connectivity index is 0.978. The molecule has 0 bridgehead atoms. The second-order valence-electron chi connectivity index (χ2n) is 16.0. The van der Waals surface area contributed by atoms with Gasteiger partial charge in [-0.1, -0.05) is 166 Å². The molecule has 0 unspecified atom stereocenters. The standard InChI is InChI=1S/C55H36O/c1-55(2)48-28-26-38-31-51-47(40-13-9-10-18-50(40)56-51)32-46(38)54(48)45-27-25-37(30-49(45)55)34-19-22-35(23-20-34)52-41-14-5-7-16-43(41)53(44-17-8-6-15-42(44)52)39-24-21-33-11-3-4-12-36(33)29-39/h3-32H,1-2H3. The highest BCUT2D eigenvalue weighted by Crippen LogP contribution is 2.53. The van der Waals surface area contributed by atoms with Crippen LogP contribution in [0.1, 0.15) is 25.0 Å². The molecule has 1 aliphatic rings. The number of benzene rings is 10. The first-order valence-corrected chi connectivity index (χ1v) is 19.6. The summed E-state index contributed by atoms with van der Waals surface area (Å²) in [6, 6.07) is 67.3. The Morgan fingerprint density at radius 1 is 0.321 bits per heavy atom. The highest BCUT2D eigenvalue weighted by molar-refractivity contribution is 6.22. The van der Waals surface area contributed by atoms with Crippen molar-refractivity contribution in [1.29, 1.82) is 0 Å². The van der Waals surface area contributed by atoms with E-state index >= 15 is 0 Å². The van der Waals surface area contributed by atoms with E-state index in [1.807, 2.05) is 6.07 Å². The second kappa shape index (κ2) is 11.5. The van der Waals surface area contributed by atoms with Crippen molar-refractivity contribution in [1.82, 2.24) is 0 Å². The van der Waals surface area contributed by atoms with E-state index in [2.05, 4.69) is 190 Å². The Morgan fingerprint density at radius 2 is 0.893 bits per heavy atom. The minimum absolute atomic E-state index is 0.132. The van der Waals surface area contributed by atoms with Gasteiger partial charge in [-0.15, -0.1) is 0 Å². The van der Waals surface area contributed by atoms with Gasteiger partial charge in [0.2, 0.25) is 0 Å². The van der Waals surface area contributed by atoms with Crippen molar-refractivity contribution in [3.63, 3.8) is 0 Å². The van der Waals surface area contributed by atoms with Gasteiger partial charge in [-0.2, -0.15) is 0 Å². The molecule has 0 N–H and O–H groups in total. The molecule has 12 rings (SSSR count). The van der Waals surface area contributed by atoms with Crippen LogP contribution >= 0.6 is 0 Å².